The van der Waals surface area contributed by atoms with E-state index < -0.39 is 11.7 Å². The van der Waals surface area contributed by atoms with Gasteiger partial charge in [0.15, 0.2) is 0 Å². The Labute approximate surface area is 118 Å². The summed E-state index contributed by atoms with van der Waals surface area (Å²) in [6.07, 6.45) is -3.26. The van der Waals surface area contributed by atoms with Crippen molar-refractivity contribution in [1.82, 2.24) is 4.98 Å². The van der Waals surface area contributed by atoms with E-state index in [1.807, 2.05) is 0 Å². The molecule has 2 rings (SSSR count). The Morgan fingerprint density at radius 1 is 1.20 bits per heavy atom. The molecule has 0 atom stereocenters. The van der Waals surface area contributed by atoms with E-state index in [2.05, 4.69) is 10.3 Å². The molecule has 1 heterocycles. The summed E-state index contributed by atoms with van der Waals surface area (Å²) in [7, 11) is 0. The van der Waals surface area contributed by atoms with Crippen LogP contribution in [0, 0.1) is 0 Å². The molecule has 20 heavy (non-hydrogen) atoms. The molecule has 0 aliphatic rings. The van der Waals surface area contributed by atoms with E-state index in [-0.39, 0.29) is 23.0 Å². The molecule has 3 nitrogen and oxygen atoms in total. The highest BCUT2D eigenvalue weighted by Gasteiger charge is 2.33. The van der Waals surface area contributed by atoms with Gasteiger partial charge in [0.1, 0.15) is 5.75 Å². The largest absolute Gasteiger partial charge is 0.506 e. The highest BCUT2D eigenvalue weighted by molar-refractivity contribution is 6.30. The van der Waals surface area contributed by atoms with Crippen LogP contribution in [0.2, 0.25) is 5.02 Å². The van der Waals surface area contributed by atoms with E-state index in [0.29, 0.717) is 5.69 Å². The molecule has 0 unspecified atom stereocenters. The number of nitrogens with zero attached hydrogens (tertiary/aromatic N) is 1. The average Bonchev–Trinajstić information content (AvgIpc) is 2.38. The van der Waals surface area contributed by atoms with Crippen LogP contribution in [0.4, 0.5) is 18.9 Å². The quantitative estimate of drug-likeness (QED) is 0.898. The van der Waals surface area contributed by atoms with E-state index in [1.54, 1.807) is 0 Å². The van der Waals surface area contributed by atoms with Crippen LogP contribution in [0.25, 0.3) is 0 Å². The number of rotatable bonds is 3. The molecular weight excluding hydrogens is 293 g/mol. The predicted octanol–water partition coefficient (Wildman–Crippen LogP) is 4.07. The van der Waals surface area contributed by atoms with Crippen molar-refractivity contribution in [3.8, 4) is 5.75 Å². The number of benzene rings is 1. The van der Waals surface area contributed by atoms with Gasteiger partial charge in [-0.15, -0.1) is 0 Å². The summed E-state index contributed by atoms with van der Waals surface area (Å²) in [5.41, 5.74) is -0.397. The summed E-state index contributed by atoms with van der Waals surface area (Å²) >= 11 is 5.59. The zero-order valence-electron chi connectivity index (χ0n) is 10.1. The Balaban J connectivity index is 2.19. The normalized spacial score (nSPS) is 11.4. The molecule has 2 aromatic rings. The molecule has 0 bridgehead atoms. The molecular formula is C13H10ClF3N2O. The highest BCUT2D eigenvalue weighted by Crippen LogP contribution is 2.36. The Bertz CT molecular complexity index is 600. The van der Waals surface area contributed by atoms with E-state index in [0.717, 1.165) is 6.07 Å². The number of aromatic hydroxyl groups is 1. The Kier molecular flexibility index (Phi) is 4.04. The van der Waals surface area contributed by atoms with Crippen LogP contribution in [-0.4, -0.2) is 10.1 Å². The summed E-state index contributed by atoms with van der Waals surface area (Å²) in [5.74, 6) is -0.00350. The van der Waals surface area contributed by atoms with Crippen LogP contribution < -0.4 is 5.32 Å². The lowest BCUT2D eigenvalue weighted by Crippen LogP contribution is -2.11. The summed E-state index contributed by atoms with van der Waals surface area (Å²) in [6, 6.07) is 6.45. The molecule has 0 saturated heterocycles. The van der Waals surface area contributed by atoms with Crippen molar-refractivity contribution >= 4 is 17.3 Å². The molecule has 106 valence electrons. The molecule has 0 spiro atoms. The molecule has 1 aromatic carbocycles. The van der Waals surface area contributed by atoms with Crippen molar-refractivity contribution in [3.63, 3.8) is 0 Å². The van der Waals surface area contributed by atoms with Crippen molar-refractivity contribution in [2.75, 3.05) is 5.32 Å². The van der Waals surface area contributed by atoms with E-state index in [9.17, 15) is 13.2 Å². The van der Waals surface area contributed by atoms with Gasteiger partial charge in [0.2, 0.25) is 0 Å². The number of aromatic nitrogens is 1. The smallest absolute Gasteiger partial charge is 0.418 e. The van der Waals surface area contributed by atoms with E-state index in [4.69, 9.17) is 16.7 Å². The number of pyridine rings is 1. The second-order valence-corrected chi connectivity index (χ2v) is 4.49. The van der Waals surface area contributed by atoms with Gasteiger partial charge in [-0.1, -0.05) is 11.6 Å². The fraction of sp³-hybridized carbons (Fsp3) is 0.154. The lowest BCUT2D eigenvalue weighted by molar-refractivity contribution is -0.136. The second kappa shape index (κ2) is 5.58. The average molecular weight is 303 g/mol. The first-order chi connectivity index (χ1) is 9.36. The van der Waals surface area contributed by atoms with Crippen molar-refractivity contribution in [1.29, 1.82) is 0 Å². The second-order valence-electron chi connectivity index (χ2n) is 4.05. The maximum Gasteiger partial charge on any atom is 0.418 e. The minimum Gasteiger partial charge on any atom is -0.506 e. The van der Waals surface area contributed by atoms with Gasteiger partial charge in [-0.25, -0.2) is 0 Å². The van der Waals surface area contributed by atoms with Gasteiger partial charge < -0.3 is 10.4 Å². The SMILES string of the molecule is Oc1ccc(CNc2ccc(Cl)cc2C(F)(F)F)nc1. The summed E-state index contributed by atoms with van der Waals surface area (Å²) in [4.78, 5) is 3.88. The third kappa shape index (κ3) is 3.54. The minimum absolute atomic E-state index is 0.00350. The molecule has 0 aliphatic heterocycles. The maximum absolute atomic E-state index is 12.9. The summed E-state index contributed by atoms with van der Waals surface area (Å²) < 4.78 is 38.6. The van der Waals surface area contributed by atoms with Crippen LogP contribution in [0.1, 0.15) is 11.3 Å². The van der Waals surface area contributed by atoms with E-state index >= 15 is 0 Å². The first-order valence-electron chi connectivity index (χ1n) is 5.61. The lowest BCUT2D eigenvalue weighted by atomic mass is 10.1. The third-order valence-electron chi connectivity index (χ3n) is 2.56. The van der Waals surface area contributed by atoms with Crippen LogP contribution in [0.3, 0.4) is 0 Å². The molecule has 0 aliphatic carbocycles. The van der Waals surface area contributed by atoms with Crippen molar-refractivity contribution in [2.24, 2.45) is 0 Å². The van der Waals surface area contributed by atoms with Gasteiger partial charge in [0.25, 0.3) is 0 Å². The number of anilines is 1. The van der Waals surface area contributed by atoms with Gasteiger partial charge in [-0.05, 0) is 30.3 Å². The monoisotopic (exact) mass is 302 g/mol. The zero-order chi connectivity index (χ0) is 14.8. The Morgan fingerprint density at radius 2 is 1.95 bits per heavy atom. The number of hydrogen-bond acceptors (Lipinski definition) is 3. The summed E-state index contributed by atoms with van der Waals surface area (Å²) in [6.45, 7) is 0.102. The molecule has 2 N–H and O–H groups in total. The Morgan fingerprint density at radius 3 is 2.55 bits per heavy atom. The van der Waals surface area contributed by atoms with E-state index in [1.165, 1.54) is 30.5 Å². The van der Waals surface area contributed by atoms with Crippen LogP contribution in [0.15, 0.2) is 36.5 Å². The number of hydrogen-bond donors (Lipinski definition) is 2. The van der Waals surface area contributed by atoms with Gasteiger partial charge >= 0.3 is 6.18 Å². The lowest BCUT2D eigenvalue weighted by Gasteiger charge is -2.14. The van der Waals surface area contributed by atoms with Crippen molar-refractivity contribution < 1.29 is 18.3 Å². The summed E-state index contributed by atoms with van der Waals surface area (Å²) in [5, 5.41) is 11.8. The fourth-order valence-electron chi connectivity index (χ4n) is 1.61. The molecule has 0 amide bonds. The number of nitrogens with one attached hydrogen (secondary N) is 1. The molecule has 1 aromatic heterocycles. The first-order valence-corrected chi connectivity index (χ1v) is 5.98. The van der Waals surface area contributed by atoms with Gasteiger partial charge in [-0.3, -0.25) is 4.98 Å². The van der Waals surface area contributed by atoms with Crippen molar-refractivity contribution in [3.05, 3.63) is 52.8 Å². The third-order valence-corrected chi connectivity index (χ3v) is 2.79. The topological polar surface area (TPSA) is 45.1 Å². The van der Waals surface area contributed by atoms with Gasteiger partial charge in [0, 0.05) is 10.7 Å². The Hall–Kier alpha value is -1.95. The number of alkyl halides is 3. The van der Waals surface area contributed by atoms with Gasteiger partial charge in [0.05, 0.1) is 24.0 Å². The fourth-order valence-corrected chi connectivity index (χ4v) is 1.78. The number of halogens is 4. The van der Waals surface area contributed by atoms with Crippen molar-refractivity contribution in [2.45, 2.75) is 12.7 Å². The standard InChI is InChI=1S/C13H10ClF3N2O/c14-8-1-4-12(11(5-8)13(15,16)17)19-6-9-2-3-10(20)7-18-9/h1-5,7,19-20H,6H2. The molecule has 0 fully saturated rings. The van der Waals surface area contributed by atoms with Gasteiger partial charge in [-0.2, -0.15) is 13.2 Å². The van der Waals surface area contributed by atoms with Crippen LogP contribution >= 0.6 is 11.6 Å². The van der Waals surface area contributed by atoms with Crippen LogP contribution in [0.5, 0.6) is 5.75 Å². The zero-order valence-corrected chi connectivity index (χ0v) is 10.8. The minimum atomic E-state index is -4.49. The first kappa shape index (κ1) is 14.5. The molecule has 7 heteroatoms. The maximum atomic E-state index is 12.9. The van der Waals surface area contributed by atoms with Crippen LogP contribution in [-0.2, 0) is 12.7 Å². The molecule has 0 saturated carbocycles. The predicted molar refractivity (Wildman–Crippen MR) is 69.7 cm³/mol. The molecule has 0 radical (unpaired) electrons. The highest BCUT2D eigenvalue weighted by atomic mass is 35.5.